The molecule has 0 aliphatic rings. The van der Waals surface area contributed by atoms with Gasteiger partial charge in [-0.25, -0.2) is 4.98 Å². The molecule has 4 rings (SSSR count). The third kappa shape index (κ3) is 3.37. The van der Waals surface area contributed by atoms with Crippen molar-refractivity contribution in [3.8, 4) is 5.75 Å². The molecule has 0 radical (unpaired) electrons. The molecule has 0 fully saturated rings. The molecule has 2 aromatic carbocycles. The number of aryl methyl sites for hydroxylation is 1. The number of nitrogens with zero attached hydrogens (tertiary/aromatic N) is 2. The molecule has 0 aliphatic carbocycles. The SMILES string of the molecule is Cc1ccn2cc(C(=O)NCCOc3ccc4ccccc4c3)nc2c1. The van der Waals surface area contributed by atoms with Gasteiger partial charge in [-0.05, 0) is 47.5 Å². The quantitative estimate of drug-likeness (QED) is 0.562. The molecule has 5 nitrogen and oxygen atoms in total. The second-order valence-corrected chi connectivity index (χ2v) is 6.21. The molecule has 0 saturated heterocycles. The average Bonchev–Trinajstić information content (AvgIpc) is 3.08. The number of carbonyl (C=O) groups is 1. The minimum Gasteiger partial charge on any atom is -0.492 e. The monoisotopic (exact) mass is 345 g/mol. The van der Waals surface area contributed by atoms with E-state index in [1.165, 1.54) is 5.39 Å². The summed E-state index contributed by atoms with van der Waals surface area (Å²) in [5.41, 5.74) is 2.28. The molecule has 5 heteroatoms. The topological polar surface area (TPSA) is 55.6 Å². The van der Waals surface area contributed by atoms with Gasteiger partial charge in [0, 0.05) is 12.4 Å². The van der Waals surface area contributed by atoms with Crippen molar-refractivity contribution >= 4 is 22.3 Å². The van der Waals surface area contributed by atoms with Crippen LogP contribution in [0, 0.1) is 6.92 Å². The highest BCUT2D eigenvalue weighted by Gasteiger charge is 2.10. The first-order valence-electron chi connectivity index (χ1n) is 8.54. The van der Waals surface area contributed by atoms with Crippen LogP contribution in [-0.2, 0) is 0 Å². The van der Waals surface area contributed by atoms with E-state index in [1.807, 2.05) is 60.0 Å². The van der Waals surface area contributed by atoms with Crippen LogP contribution in [0.4, 0.5) is 0 Å². The van der Waals surface area contributed by atoms with Crippen LogP contribution in [0.1, 0.15) is 16.1 Å². The van der Waals surface area contributed by atoms with E-state index in [2.05, 4.69) is 22.4 Å². The van der Waals surface area contributed by atoms with Crippen LogP contribution in [0.15, 0.2) is 67.0 Å². The fourth-order valence-corrected chi connectivity index (χ4v) is 2.87. The molecule has 4 aromatic rings. The number of benzene rings is 2. The lowest BCUT2D eigenvalue weighted by Gasteiger charge is -2.08. The van der Waals surface area contributed by atoms with Crippen molar-refractivity contribution in [1.82, 2.24) is 14.7 Å². The molecule has 0 bridgehead atoms. The Morgan fingerprint density at radius 2 is 1.96 bits per heavy atom. The van der Waals surface area contributed by atoms with E-state index in [1.54, 1.807) is 6.20 Å². The van der Waals surface area contributed by atoms with Gasteiger partial charge in [0.15, 0.2) is 0 Å². The highest BCUT2D eigenvalue weighted by atomic mass is 16.5. The Morgan fingerprint density at radius 1 is 1.12 bits per heavy atom. The van der Waals surface area contributed by atoms with Crippen LogP contribution in [-0.4, -0.2) is 28.4 Å². The number of amides is 1. The number of hydrogen-bond donors (Lipinski definition) is 1. The Balaban J connectivity index is 1.33. The Kier molecular flexibility index (Phi) is 4.27. The first-order valence-corrected chi connectivity index (χ1v) is 8.54. The maximum absolute atomic E-state index is 12.2. The first kappa shape index (κ1) is 16.1. The van der Waals surface area contributed by atoms with E-state index < -0.39 is 0 Å². The van der Waals surface area contributed by atoms with Gasteiger partial charge in [0.1, 0.15) is 23.7 Å². The number of nitrogens with one attached hydrogen (secondary N) is 1. The summed E-state index contributed by atoms with van der Waals surface area (Å²) in [5.74, 6) is 0.592. The third-order valence-corrected chi connectivity index (χ3v) is 4.23. The largest absolute Gasteiger partial charge is 0.492 e. The van der Waals surface area contributed by atoms with Gasteiger partial charge in [-0.2, -0.15) is 0 Å². The van der Waals surface area contributed by atoms with Gasteiger partial charge >= 0.3 is 0 Å². The molecule has 0 spiro atoms. The molecule has 0 unspecified atom stereocenters. The number of pyridine rings is 1. The molecule has 1 amide bonds. The van der Waals surface area contributed by atoms with Crippen molar-refractivity contribution in [2.45, 2.75) is 6.92 Å². The molecule has 0 atom stereocenters. The lowest BCUT2D eigenvalue weighted by molar-refractivity contribution is 0.0942. The van der Waals surface area contributed by atoms with E-state index >= 15 is 0 Å². The lowest BCUT2D eigenvalue weighted by Crippen LogP contribution is -2.28. The summed E-state index contributed by atoms with van der Waals surface area (Å²) >= 11 is 0. The zero-order valence-corrected chi connectivity index (χ0v) is 14.5. The van der Waals surface area contributed by atoms with Crippen molar-refractivity contribution < 1.29 is 9.53 Å². The number of ether oxygens (including phenoxy) is 1. The van der Waals surface area contributed by atoms with Crippen LogP contribution < -0.4 is 10.1 Å². The molecule has 0 saturated carbocycles. The molecule has 26 heavy (non-hydrogen) atoms. The zero-order chi connectivity index (χ0) is 17.9. The van der Waals surface area contributed by atoms with Crippen LogP contribution in [0.2, 0.25) is 0 Å². The van der Waals surface area contributed by atoms with Gasteiger partial charge in [-0.3, -0.25) is 4.79 Å². The predicted molar refractivity (Wildman–Crippen MR) is 102 cm³/mol. The van der Waals surface area contributed by atoms with Gasteiger partial charge < -0.3 is 14.5 Å². The van der Waals surface area contributed by atoms with E-state index in [4.69, 9.17) is 4.74 Å². The molecule has 2 heterocycles. The first-order chi connectivity index (χ1) is 12.7. The second kappa shape index (κ2) is 6.88. The zero-order valence-electron chi connectivity index (χ0n) is 14.5. The maximum atomic E-state index is 12.2. The van der Waals surface area contributed by atoms with Gasteiger partial charge in [0.2, 0.25) is 0 Å². The summed E-state index contributed by atoms with van der Waals surface area (Å²) in [6, 6.07) is 18.0. The third-order valence-electron chi connectivity index (χ3n) is 4.23. The molecule has 130 valence electrons. The van der Waals surface area contributed by atoms with Crippen molar-refractivity contribution in [2.75, 3.05) is 13.2 Å². The minimum absolute atomic E-state index is 0.200. The summed E-state index contributed by atoms with van der Waals surface area (Å²) in [7, 11) is 0. The Bertz CT molecular complexity index is 1080. The van der Waals surface area contributed by atoms with E-state index in [0.717, 1.165) is 22.3 Å². The average molecular weight is 345 g/mol. The summed E-state index contributed by atoms with van der Waals surface area (Å²) in [6.07, 6.45) is 3.63. The second-order valence-electron chi connectivity index (χ2n) is 6.21. The lowest BCUT2D eigenvalue weighted by atomic mass is 10.1. The molecular formula is C21H19N3O2. The fourth-order valence-electron chi connectivity index (χ4n) is 2.87. The van der Waals surface area contributed by atoms with Crippen LogP contribution in [0.25, 0.3) is 16.4 Å². The Labute approximate surface area is 151 Å². The van der Waals surface area contributed by atoms with Crippen LogP contribution in [0.3, 0.4) is 0 Å². The Hall–Kier alpha value is -3.34. The molecule has 2 aromatic heterocycles. The summed E-state index contributed by atoms with van der Waals surface area (Å²) in [4.78, 5) is 16.6. The van der Waals surface area contributed by atoms with E-state index in [-0.39, 0.29) is 5.91 Å². The summed E-state index contributed by atoms with van der Waals surface area (Å²) < 4.78 is 7.58. The van der Waals surface area contributed by atoms with Gasteiger partial charge in [0.05, 0.1) is 6.54 Å². The molecular weight excluding hydrogens is 326 g/mol. The van der Waals surface area contributed by atoms with Crippen molar-refractivity contribution in [2.24, 2.45) is 0 Å². The highest BCUT2D eigenvalue weighted by Crippen LogP contribution is 2.20. The van der Waals surface area contributed by atoms with Crippen molar-refractivity contribution in [3.63, 3.8) is 0 Å². The maximum Gasteiger partial charge on any atom is 0.271 e. The Morgan fingerprint density at radius 3 is 2.85 bits per heavy atom. The number of aromatic nitrogens is 2. The van der Waals surface area contributed by atoms with Crippen molar-refractivity contribution in [1.29, 1.82) is 0 Å². The normalized spacial score (nSPS) is 11.0. The van der Waals surface area contributed by atoms with Crippen molar-refractivity contribution in [3.05, 3.63) is 78.2 Å². The molecule has 1 N–H and O–H groups in total. The number of carbonyl (C=O) groups excluding carboxylic acids is 1. The summed E-state index contributed by atoms with van der Waals surface area (Å²) in [5, 5.41) is 5.15. The standard InChI is InChI=1S/C21H19N3O2/c1-15-8-10-24-14-19(23-20(24)12-15)21(25)22-9-11-26-18-7-6-16-4-2-3-5-17(16)13-18/h2-8,10,12-14H,9,11H2,1H3,(H,22,25). The highest BCUT2D eigenvalue weighted by molar-refractivity contribution is 5.92. The van der Waals surface area contributed by atoms with Gasteiger partial charge in [-0.15, -0.1) is 0 Å². The number of fused-ring (bicyclic) bond motifs is 2. The number of hydrogen-bond acceptors (Lipinski definition) is 3. The number of rotatable bonds is 5. The predicted octanol–water partition coefficient (Wildman–Crippen LogP) is 3.60. The molecule has 0 aliphatic heterocycles. The van der Waals surface area contributed by atoms with Crippen LogP contribution in [0.5, 0.6) is 5.75 Å². The fraction of sp³-hybridized carbons (Fsp3) is 0.143. The van der Waals surface area contributed by atoms with Gasteiger partial charge in [0.25, 0.3) is 5.91 Å². The summed E-state index contributed by atoms with van der Waals surface area (Å²) in [6.45, 7) is 2.81. The smallest absolute Gasteiger partial charge is 0.271 e. The number of imidazole rings is 1. The van der Waals surface area contributed by atoms with E-state index in [0.29, 0.717) is 18.8 Å². The minimum atomic E-state index is -0.200. The van der Waals surface area contributed by atoms with E-state index in [9.17, 15) is 4.79 Å². The van der Waals surface area contributed by atoms with Gasteiger partial charge in [-0.1, -0.05) is 30.3 Å². The van der Waals surface area contributed by atoms with Crippen LogP contribution >= 0.6 is 0 Å².